The van der Waals surface area contributed by atoms with Crippen LogP contribution in [0.1, 0.15) is 38.7 Å². The molecule has 1 aromatic rings. The van der Waals surface area contributed by atoms with Gasteiger partial charge in [0.1, 0.15) is 0 Å². The van der Waals surface area contributed by atoms with Crippen LogP contribution in [0.4, 0.5) is 5.69 Å². The number of hydrogen-bond acceptors (Lipinski definition) is 3. The molecule has 0 aliphatic heterocycles. The summed E-state index contributed by atoms with van der Waals surface area (Å²) in [5.41, 5.74) is 7.05. The lowest BCUT2D eigenvalue weighted by atomic mass is 9.81. The molecule has 0 saturated heterocycles. The van der Waals surface area contributed by atoms with E-state index in [-0.39, 0.29) is 5.25 Å². The summed E-state index contributed by atoms with van der Waals surface area (Å²) < 4.78 is 25.5. The minimum Gasteiger partial charge on any atom is -0.399 e. The van der Waals surface area contributed by atoms with Crippen molar-refractivity contribution in [2.24, 2.45) is 11.8 Å². The van der Waals surface area contributed by atoms with Gasteiger partial charge < -0.3 is 5.73 Å². The van der Waals surface area contributed by atoms with Gasteiger partial charge in [-0.1, -0.05) is 19.9 Å². The van der Waals surface area contributed by atoms with Crippen molar-refractivity contribution < 1.29 is 8.42 Å². The van der Waals surface area contributed by atoms with E-state index in [0.29, 0.717) is 22.4 Å². The largest absolute Gasteiger partial charge is 0.399 e. The lowest BCUT2D eigenvalue weighted by Crippen LogP contribution is -2.31. The van der Waals surface area contributed by atoms with E-state index in [9.17, 15) is 8.42 Å². The Balaban J connectivity index is 2.35. The maximum absolute atomic E-state index is 12.8. The fourth-order valence-corrected chi connectivity index (χ4v) is 5.06. The Kier molecular flexibility index (Phi) is 3.90. The molecule has 3 nitrogen and oxygen atoms in total. The highest BCUT2D eigenvalue weighted by Crippen LogP contribution is 2.36. The standard InChI is InChI=1S/C15H23NO2S/c1-10-5-7-14(8-12(10)3)19(17,18)15-9-13(16)6-4-11(15)2/h4,6,9-10,12,14H,5,7-8,16H2,1-3H3. The molecular formula is C15H23NO2S. The molecule has 1 aliphatic rings. The molecule has 1 aromatic carbocycles. The predicted octanol–water partition coefficient (Wildman–Crippen LogP) is 3.18. The monoisotopic (exact) mass is 281 g/mol. The number of nitrogen functional groups attached to an aromatic ring is 1. The Morgan fingerprint density at radius 1 is 1.16 bits per heavy atom. The minimum atomic E-state index is -3.25. The molecule has 1 fully saturated rings. The van der Waals surface area contributed by atoms with Gasteiger partial charge in [-0.25, -0.2) is 8.42 Å². The third kappa shape index (κ3) is 2.78. The van der Waals surface area contributed by atoms with E-state index in [2.05, 4.69) is 13.8 Å². The number of aryl methyl sites for hydroxylation is 1. The topological polar surface area (TPSA) is 60.2 Å². The van der Waals surface area contributed by atoms with Gasteiger partial charge in [-0.3, -0.25) is 0 Å². The van der Waals surface area contributed by atoms with Gasteiger partial charge in [0, 0.05) is 5.69 Å². The molecule has 106 valence electrons. The molecule has 4 heteroatoms. The molecule has 0 bridgehead atoms. The van der Waals surface area contributed by atoms with Crippen molar-refractivity contribution in [3.63, 3.8) is 0 Å². The van der Waals surface area contributed by atoms with E-state index < -0.39 is 9.84 Å². The average Bonchev–Trinajstić information content (AvgIpc) is 2.35. The van der Waals surface area contributed by atoms with Gasteiger partial charge in [-0.2, -0.15) is 0 Å². The van der Waals surface area contributed by atoms with Crippen LogP contribution < -0.4 is 5.73 Å². The quantitative estimate of drug-likeness (QED) is 0.847. The number of nitrogens with two attached hydrogens (primary N) is 1. The SMILES string of the molecule is Cc1ccc(N)cc1S(=O)(=O)C1CCC(C)C(C)C1. The molecule has 3 unspecified atom stereocenters. The first-order valence-corrected chi connectivity index (χ1v) is 8.47. The lowest BCUT2D eigenvalue weighted by Gasteiger charge is -2.32. The van der Waals surface area contributed by atoms with Crippen LogP contribution in [0.25, 0.3) is 0 Å². The van der Waals surface area contributed by atoms with Crippen LogP contribution in [-0.2, 0) is 9.84 Å². The van der Waals surface area contributed by atoms with Crippen molar-refractivity contribution in [2.75, 3.05) is 5.73 Å². The molecule has 0 spiro atoms. The summed E-state index contributed by atoms with van der Waals surface area (Å²) in [6.07, 6.45) is 2.52. The second kappa shape index (κ2) is 5.16. The molecule has 0 heterocycles. The number of hydrogen-bond donors (Lipinski definition) is 1. The molecule has 2 N–H and O–H groups in total. The van der Waals surface area contributed by atoms with Crippen LogP contribution in [0.2, 0.25) is 0 Å². The second-order valence-corrected chi connectivity index (χ2v) is 8.16. The summed E-state index contributed by atoms with van der Waals surface area (Å²) in [5.74, 6) is 1.09. The maximum atomic E-state index is 12.8. The zero-order valence-electron chi connectivity index (χ0n) is 11.9. The first-order valence-electron chi connectivity index (χ1n) is 6.92. The van der Waals surface area contributed by atoms with Gasteiger partial charge in [0.15, 0.2) is 9.84 Å². The Bertz CT molecular complexity index is 566. The zero-order valence-corrected chi connectivity index (χ0v) is 12.7. The maximum Gasteiger partial charge on any atom is 0.181 e. The van der Waals surface area contributed by atoms with Gasteiger partial charge >= 0.3 is 0 Å². The summed E-state index contributed by atoms with van der Waals surface area (Å²) in [6, 6.07) is 5.14. The van der Waals surface area contributed by atoms with Crippen LogP contribution >= 0.6 is 0 Å². The van der Waals surface area contributed by atoms with Crippen molar-refractivity contribution in [1.29, 1.82) is 0 Å². The smallest absolute Gasteiger partial charge is 0.181 e. The van der Waals surface area contributed by atoms with Crippen LogP contribution in [0, 0.1) is 18.8 Å². The summed E-state index contributed by atoms with van der Waals surface area (Å²) in [5, 5.41) is -0.251. The number of anilines is 1. The Morgan fingerprint density at radius 3 is 2.47 bits per heavy atom. The van der Waals surface area contributed by atoms with Gasteiger partial charge in [0.25, 0.3) is 0 Å². The molecule has 0 aromatic heterocycles. The Hall–Kier alpha value is -1.03. The normalized spacial score (nSPS) is 28.3. The van der Waals surface area contributed by atoms with Crippen molar-refractivity contribution in [1.82, 2.24) is 0 Å². The first kappa shape index (κ1) is 14.4. The van der Waals surface area contributed by atoms with Crippen molar-refractivity contribution >= 4 is 15.5 Å². The zero-order chi connectivity index (χ0) is 14.2. The molecular weight excluding hydrogens is 258 g/mol. The summed E-state index contributed by atoms with van der Waals surface area (Å²) in [4.78, 5) is 0.416. The molecule has 2 rings (SSSR count). The van der Waals surface area contributed by atoms with E-state index >= 15 is 0 Å². The fourth-order valence-electron chi connectivity index (χ4n) is 2.88. The van der Waals surface area contributed by atoms with Gasteiger partial charge in [-0.05, 0) is 55.7 Å². The highest BCUT2D eigenvalue weighted by atomic mass is 32.2. The predicted molar refractivity (Wildman–Crippen MR) is 78.7 cm³/mol. The van der Waals surface area contributed by atoms with Crippen molar-refractivity contribution in [3.8, 4) is 0 Å². The third-order valence-corrected chi connectivity index (χ3v) is 6.87. The van der Waals surface area contributed by atoms with Gasteiger partial charge in [-0.15, -0.1) is 0 Å². The van der Waals surface area contributed by atoms with Gasteiger partial charge in [0.05, 0.1) is 10.1 Å². The van der Waals surface area contributed by atoms with Crippen molar-refractivity contribution in [2.45, 2.75) is 50.2 Å². The highest BCUT2D eigenvalue weighted by molar-refractivity contribution is 7.92. The fraction of sp³-hybridized carbons (Fsp3) is 0.600. The molecule has 3 atom stereocenters. The van der Waals surface area contributed by atoms with E-state index in [1.807, 2.05) is 6.92 Å². The van der Waals surface area contributed by atoms with E-state index in [1.54, 1.807) is 18.2 Å². The third-order valence-electron chi connectivity index (χ3n) is 4.51. The molecule has 1 aliphatic carbocycles. The van der Waals surface area contributed by atoms with E-state index in [1.165, 1.54) is 0 Å². The molecule has 0 amide bonds. The lowest BCUT2D eigenvalue weighted by molar-refractivity contribution is 0.278. The Morgan fingerprint density at radius 2 is 1.84 bits per heavy atom. The summed E-state index contributed by atoms with van der Waals surface area (Å²) in [6.45, 7) is 6.19. The number of benzene rings is 1. The molecule has 19 heavy (non-hydrogen) atoms. The first-order chi connectivity index (χ1) is 8.82. The number of sulfone groups is 1. The second-order valence-electron chi connectivity index (χ2n) is 5.96. The summed E-state index contributed by atoms with van der Waals surface area (Å²) in [7, 11) is -3.25. The van der Waals surface area contributed by atoms with E-state index in [4.69, 9.17) is 5.73 Å². The van der Waals surface area contributed by atoms with Crippen LogP contribution in [0.15, 0.2) is 23.1 Å². The Labute approximate surface area is 116 Å². The number of rotatable bonds is 2. The van der Waals surface area contributed by atoms with Crippen LogP contribution in [0.5, 0.6) is 0 Å². The minimum absolute atomic E-state index is 0.251. The van der Waals surface area contributed by atoms with Crippen LogP contribution in [0.3, 0.4) is 0 Å². The van der Waals surface area contributed by atoms with Crippen molar-refractivity contribution in [3.05, 3.63) is 23.8 Å². The molecule has 0 radical (unpaired) electrons. The average molecular weight is 281 g/mol. The molecule has 1 saturated carbocycles. The van der Waals surface area contributed by atoms with Crippen LogP contribution in [-0.4, -0.2) is 13.7 Å². The van der Waals surface area contributed by atoms with Gasteiger partial charge in [0.2, 0.25) is 0 Å². The van der Waals surface area contributed by atoms with E-state index in [0.717, 1.165) is 24.8 Å². The summed E-state index contributed by atoms with van der Waals surface area (Å²) >= 11 is 0. The highest BCUT2D eigenvalue weighted by Gasteiger charge is 2.34.